The molecular formula is C17H19F3N2O. The van der Waals surface area contributed by atoms with Gasteiger partial charge in [-0.1, -0.05) is 18.7 Å². The molecule has 1 N–H and O–H groups in total. The fourth-order valence-corrected chi connectivity index (χ4v) is 3.47. The average molecular weight is 324 g/mol. The smallest absolute Gasteiger partial charge is 0.349 e. The average Bonchev–Trinajstić information content (AvgIpc) is 2.96. The van der Waals surface area contributed by atoms with Crippen LogP contribution in [0.2, 0.25) is 0 Å². The van der Waals surface area contributed by atoms with Gasteiger partial charge in [0.2, 0.25) is 5.91 Å². The molecule has 1 heterocycles. The molecule has 0 bridgehead atoms. The predicted octanol–water partition coefficient (Wildman–Crippen LogP) is 3.00. The van der Waals surface area contributed by atoms with E-state index in [1.807, 2.05) is 6.92 Å². The first-order valence-corrected chi connectivity index (χ1v) is 7.65. The van der Waals surface area contributed by atoms with Crippen LogP contribution in [0.1, 0.15) is 24.1 Å². The number of rotatable bonds is 4. The Morgan fingerprint density at radius 3 is 2.35 bits per heavy atom. The molecule has 1 saturated carbocycles. The molecule has 0 spiro atoms. The summed E-state index contributed by atoms with van der Waals surface area (Å²) in [5.74, 6) is 0.735. The zero-order valence-corrected chi connectivity index (χ0v) is 12.8. The van der Waals surface area contributed by atoms with Gasteiger partial charge in [0, 0.05) is 25.2 Å². The summed E-state index contributed by atoms with van der Waals surface area (Å²) in [5.41, 5.74) is 0.260. The van der Waals surface area contributed by atoms with Crippen LogP contribution < -0.4 is 5.32 Å². The Bertz CT molecular complexity index is 599. The summed E-state index contributed by atoms with van der Waals surface area (Å²) in [6.07, 6.45) is -3.02. The lowest BCUT2D eigenvalue weighted by Gasteiger charge is -2.27. The minimum absolute atomic E-state index is 0.0702. The van der Waals surface area contributed by atoms with Gasteiger partial charge >= 0.3 is 6.18 Å². The van der Waals surface area contributed by atoms with E-state index in [1.165, 1.54) is 6.08 Å². The number of likely N-dealkylation sites (tertiary alicyclic amines) is 1. The zero-order chi connectivity index (χ0) is 16.8. The maximum Gasteiger partial charge on any atom is 0.416 e. The van der Waals surface area contributed by atoms with Crippen LogP contribution in [0.3, 0.4) is 0 Å². The van der Waals surface area contributed by atoms with Gasteiger partial charge in [-0.15, -0.1) is 0 Å². The first kappa shape index (κ1) is 16.1. The highest BCUT2D eigenvalue weighted by molar-refractivity contribution is 5.87. The van der Waals surface area contributed by atoms with E-state index in [9.17, 15) is 18.0 Å². The summed E-state index contributed by atoms with van der Waals surface area (Å²) in [7, 11) is 0. The summed E-state index contributed by atoms with van der Waals surface area (Å²) in [4.78, 5) is 13.6. The normalized spacial score (nSPS) is 28.1. The molecular weight excluding hydrogens is 305 g/mol. The SMILES string of the molecule is C=CC(=O)N[C@H]1[C@@H]2CN([C@@H](C)c3ccc(C(F)(F)F)cc3)C[C@@H]21. The van der Waals surface area contributed by atoms with Crippen molar-refractivity contribution in [1.82, 2.24) is 10.2 Å². The summed E-state index contributed by atoms with van der Waals surface area (Å²) >= 11 is 0. The number of nitrogens with one attached hydrogen (secondary N) is 1. The molecule has 1 aromatic carbocycles. The first-order valence-electron chi connectivity index (χ1n) is 7.65. The van der Waals surface area contributed by atoms with E-state index in [0.29, 0.717) is 11.8 Å². The predicted molar refractivity (Wildman–Crippen MR) is 80.5 cm³/mol. The molecule has 0 aromatic heterocycles. The van der Waals surface area contributed by atoms with Gasteiger partial charge < -0.3 is 5.32 Å². The fraction of sp³-hybridized carbons (Fsp3) is 0.471. The number of fused-ring (bicyclic) bond motifs is 1. The third kappa shape index (κ3) is 3.13. The number of hydrogen-bond acceptors (Lipinski definition) is 2. The molecule has 3 nitrogen and oxygen atoms in total. The second-order valence-electron chi connectivity index (χ2n) is 6.32. The second kappa shape index (κ2) is 5.67. The Kier molecular flexibility index (Phi) is 3.96. The van der Waals surface area contributed by atoms with Crippen molar-refractivity contribution in [3.05, 3.63) is 48.0 Å². The van der Waals surface area contributed by atoms with Crippen LogP contribution in [0.15, 0.2) is 36.9 Å². The molecule has 0 radical (unpaired) electrons. The Morgan fingerprint density at radius 2 is 1.87 bits per heavy atom. The van der Waals surface area contributed by atoms with Crippen molar-refractivity contribution in [3.63, 3.8) is 0 Å². The molecule has 6 heteroatoms. The van der Waals surface area contributed by atoms with E-state index < -0.39 is 11.7 Å². The lowest BCUT2D eigenvalue weighted by Crippen LogP contribution is -2.35. The summed E-state index contributed by atoms with van der Waals surface area (Å²) in [6.45, 7) is 7.16. The quantitative estimate of drug-likeness (QED) is 0.864. The van der Waals surface area contributed by atoms with Crippen LogP contribution in [-0.4, -0.2) is 29.9 Å². The van der Waals surface area contributed by atoms with Crippen LogP contribution >= 0.6 is 0 Å². The molecule has 3 rings (SSSR count). The van der Waals surface area contributed by atoms with Gasteiger partial charge in [-0.25, -0.2) is 0 Å². The number of benzene rings is 1. The van der Waals surface area contributed by atoms with Crippen LogP contribution in [0.5, 0.6) is 0 Å². The van der Waals surface area contributed by atoms with E-state index in [1.54, 1.807) is 12.1 Å². The Balaban J connectivity index is 1.58. The highest BCUT2D eigenvalue weighted by atomic mass is 19.4. The van der Waals surface area contributed by atoms with Gasteiger partial charge in [-0.2, -0.15) is 13.2 Å². The van der Waals surface area contributed by atoms with E-state index in [4.69, 9.17) is 0 Å². The molecule has 1 amide bonds. The van der Waals surface area contributed by atoms with Crippen molar-refractivity contribution in [3.8, 4) is 0 Å². The van der Waals surface area contributed by atoms with Gasteiger partial charge in [-0.3, -0.25) is 9.69 Å². The minimum Gasteiger partial charge on any atom is -0.349 e. The van der Waals surface area contributed by atoms with E-state index >= 15 is 0 Å². The third-order valence-electron chi connectivity index (χ3n) is 4.98. The van der Waals surface area contributed by atoms with Crippen molar-refractivity contribution >= 4 is 5.91 Å². The lowest BCUT2D eigenvalue weighted by atomic mass is 10.0. The van der Waals surface area contributed by atoms with Gasteiger partial charge in [0.1, 0.15) is 0 Å². The number of nitrogens with zero attached hydrogens (tertiary/aromatic N) is 1. The van der Waals surface area contributed by atoms with Crippen LogP contribution in [0, 0.1) is 11.8 Å². The molecule has 2 aliphatic rings. The first-order chi connectivity index (χ1) is 10.8. The molecule has 1 aliphatic heterocycles. The number of carbonyl (C=O) groups excluding carboxylic acids is 1. The summed E-state index contributed by atoms with van der Waals surface area (Å²) in [5, 5.41) is 2.92. The maximum absolute atomic E-state index is 12.6. The highest BCUT2D eigenvalue weighted by Gasteiger charge is 2.56. The van der Waals surface area contributed by atoms with Gasteiger partial charge in [0.05, 0.1) is 5.56 Å². The third-order valence-corrected chi connectivity index (χ3v) is 4.98. The van der Waals surface area contributed by atoms with E-state index in [0.717, 1.165) is 30.8 Å². The summed E-state index contributed by atoms with van der Waals surface area (Å²) in [6, 6.07) is 5.66. The molecule has 23 heavy (non-hydrogen) atoms. The number of hydrogen-bond donors (Lipinski definition) is 1. The molecule has 4 atom stereocenters. The van der Waals surface area contributed by atoms with Crippen molar-refractivity contribution in [1.29, 1.82) is 0 Å². The summed E-state index contributed by atoms with van der Waals surface area (Å²) < 4.78 is 37.8. The van der Waals surface area contributed by atoms with Gasteiger partial charge in [0.25, 0.3) is 0 Å². The molecule has 1 aromatic rings. The molecule has 2 fully saturated rings. The van der Waals surface area contributed by atoms with Crippen molar-refractivity contribution in [2.45, 2.75) is 25.2 Å². The van der Waals surface area contributed by atoms with Crippen LogP contribution in [-0.2, 0) is 11.0 Å². The van der Waals surface area contributed by atoms with Crippen LogP contribution in [0.4, 0.5) is 13.2 Å². The molecule has 0 unspecified atom stereocenters. The number of alkyl halides is 3. The van der Waals surface area contributed by atoms with Crippen molar-refractivity contribution < 1.29 is 18.0 Å². The molecule has 1 aliphatic carbocycles. The molecule has 1 saturated heterocycles. The largest absolute Gasteiger partial charge is 0.416 e. The molecule has 124 valence electrons. The lowest BCUT2D eigenvalue weighted by molar-refractivity contribution is -0.137. The Labute approximate surface area is 133 Å². The highest BCUT2D eigenvalue weighted by Crippen LogP contribution is 2.47. The number of halogens is 3. The van der Waals surface area contributed by atoms with Gasteiger partial charge in [0.15, 0.2) is 0 Å². The number of amides is 1. The zero-order valence-electron chi connectivity index (χ0n) is 12.8. The Morgan fingerprint density at radius 1 is 1.30 bits per heavy atom. The van der Waals surface area contributed by atoms with E-state index in [-0.39, 0.29) is 18.0 Å². The van der Waals surface area contributed by atoms with Crippen molar-refractivity contribution in [2.75, 3.05) is 13.1 Å². The number of piperidine rings is 1. The monoisotopic (exact) mass is 324 g/mol. The Hall–Kier alpha value is -1.82. The number of carbonyl (C=O) groups is 1. The standard InChI is InChI=1S/C17H19F3N2O/c1-3-15(23)21-16-13-8-22(9-14(13)16)10(2)11-4-6-12(7-5-11)17(18,19)20/h3-7,10,13-14,16H,1,8-9H2,2H3,(H,21,23)/t10-,13-,14+,16+/m0/s1. The second-order valence-corrected chi connectivity index (χ2v) is 6.32. The fourth-order valence-electron chi connectivity index (χ4n) is 3.47. The van der Waals surface area contributed by atoms with Crippen LogP contribution in [0.25, 0.3) is 0 Å². The maximum atomic E-state index is 12.6. The topological polar surface area (TPSA) is 32.3 Å². The minimum atomic E-state index is -4.30. The van der Waals surface area contributed by atoms with Gasteiger partial charge in [-0.05, 0) is 42.5 Å². The van der Waals surface area contributed by atoms with Crippen molar-refractivity contribution in [2.24, 2.45) is 11.8 Å². The van der Waals surface area contributed by atoms with E-state index in [2.05, 4.69) is 16.8 Å².